The van der Waals surface area contributed by atoms with E-state index in [0.29, 0.717) is 19.7 Å². The van der Waals surface area contributed by atoms with Crippen molar-refractivity contribution in [2.24, 2.45) is 0 Å². The monoisotopic (exact) mass is 330 g/mol. The first-order chi connectivity index (χ1) is 10.8. The Morgan fingerprint density at radius 3 is 2.83 bits per heavy atom. The van der Waals surface area contributed by atoms with Crippen LogP contribution in [-0.4, -0.2) is 42.5 Å². The standard InChI is InChI=1S/C15H17F3N2O3/c1-2-20-6-7-23-12(14(20)22)9-13(21)19-11-5-3-4-10(8-11)15(16,17)18/h3-5,8,12H,2,6-7,9H2,1H3,(H,19,21)/t12-/m1/s1. The first-order valence-corrected chi connectivity index (χ1v) is 7.18. The number of benzene rings is 1. The molecule has 1 aromatic rings. The summed E-state index contributed by atoms with van der Waals surface area (Å²) in [6.45, 7) is 3.15. The third-order valence-corrected chi connectivity index (χ3v) is 3.49. The lowest BCUT2D eigenvalue weighted by molar-refractivity contribution is -0.154. The van der Waals surface area contributed by atoms with Crippen molar-refractivity contribution in [1.29, 1.82) is 0 Å². The summed E-state index contributed by atoms with van der Waals surface area (Å²) in [4.78, 5) is 25.5. The van der Waals surface area contributed by atoms with Gasteiger partial charge in [0.15, 0.2) is 0 Å². The Labute approximate surface area is 131 Å². The molecule has 5 nitrogen and oxygen atoms in total. The molecule has 1 heterocycles. The van der Waals surface area contributed by atoms with Gasteiger partial charge >= 0.3 is 6.18 Å². The zero-order valence-electron chi connectivity index (χ0n) is 12.5. The molecule has 23 heavy (non-hydrogen) atoms. The molecule has 8 heteroatoms. The first-order valence-electron chi connectivity index (χ1n) is 7.18. The number of amides is 2. The van der Waals surface area contributed by atoms with E-state index in [1.54, 1.807) is 4.90 Å². The van der Waals surface area contributed by atoms with Crippen molar-refractivity contribution in [2.75, 3.05) is 25.0 Å². The van der Waals surface area contributed by atoms with Crippen LogP contribution in [0.2, 0.25) is 0 Å². The smallest absolute Gasteiger partial charge is 0.366 e. The van der Waals surface area contributed by atoms with Crippen molar-refractivity contribution in [3.8, 4) is 0 Å². The Morgan fingerprint density at radius 1 is 1.43 bits per heavy atom. The second-order valence-electron chi connectivity index (χ2n) is 5.11. The molecule has 0 radical (unpaired) electrons. The molecule has 2 amide bonds. The number of morpholine rings is 1. The van der Waals surface area contributed by atoms with Crippen molar-refractivity contribution in [2.45, 2.75) is 25.6 Å². The molecule has 1 aromatic carbocycles. The van der Waals surface area contributed by atoms with Crippen molar-refractivity contribution < 1.29 is 27.5 Å². The number of hydrogen-bond donors (Lipinski definition) is 1. The van der Waals surface area contributed by atoms with Crippen LogP contribution in [0.1, 0.15) is 18.9 Å². The number of carbonyl (C=O) groups excluding carboxylic acids is 2. The maximum atomic E-state index is 12.6. The van der Waals surface area contributed by atoms with Crippen molar-refractivity contribution >= 4 is 17.5 Å². The van der Waals surface area contributed by atoms with E-state index in [1.807, 2.05) is 6.92 Å². The number of alkyl halides is 3. The van der Waals surface area contributed by atoms with Crippen molar-refractivity contribution in [3.05, 3.63) is 29.8 Å². The number of likely N-dealkylation sites (N-methyl/N-ethyl adjacent to an activating group) is 1. The maximum absolute atomic E-state index is 12.6. The molecular formula is C15H17F3N2O3. The van der Waals surface area contributed by atoms with Crippen LogP contribution in [-0.2, 0) is 20.5 Å². The average Bonchev–Trinajstić information content (AvgIpc) is 2.49. The summed E-state index contributed by atoms with van der Waals surface area (Å²) >= 11 is 0. The maximum Gasteiger partial charge on any atom is 0.416 e. The van der Waals surface area contributed by atoms with E-state index in [9.17, 15) is 22.8 Å². The summed E-state index contributed by atoms with van der Waals surface area (Å²) in [5, 5.41) is 2.37. The van der Waals surface area contributed by atoms with Crippen molar-refractivity contribution in [3.63, 3.8) is 0 Å². The summed E-state index contributed by atoms with van der Waals surface area (Å²) in [5.41, 5.74) is -0.821. The normalized spacial score (nSPS) is 18.9. The summed E-state index contributed by atoms with van der Waals surface area (Å²) in [7, 11) is 0. The van der Waals surface area contributed by atoms with E-state index < -0.39 is 23.8 Å². The Morgan fingerprint density at radius 2 is 2.17 bits per heavy atom. The molecule has 1 atom stereocenters. The zero-order chi connectivity index (χ0) is 17.0. The van der Waals surface area contributed by atoms with Gasteiger partial charge in [-0.1, -0.05) is 6.07 Å². The highest BCUT2D eigenvalue weighted by Crippen LogP contribution is 2.30. The number of halogens is 3. The quantitative estimate of drug-likeness (QED) is 0.921. The van der Waals surface area contributed by atoms with Gasteiger partial charge in [-0.05, 0) is 25.1 Å². The van der Waals surface area contributed by atoms with Crippen LogP contribution in [0.3, 0.4) is 0 Å². The molecule has 0 bridgehead atoms. The van der Waals surface area contributed by atoms with Crippen LogP contribution in [0.5, 0.6) is 0 Å². The minimum Gasteiger partial charge on any atom is -0.366 e. The van der Waals surface area contributed by atoms with E-state index in [2.05, 4.69) is 5.32 Å². The average molecular weight is 330 g/mol. The molecule has 2 rings (SSSR count). The molecule has 0 aliphatic carbocycles. The van der Waals surface area contributed by atoms with Gasteiger partial charge < -0.3 is 15.0 Å². The summed E-state index contributed by atoms with van der Waals surface area (Å²) in [6.07, 6.45) is -5.61. The number of hydrogen-bond acceptors (Lipinski definition) is 3. The summed E-state index contributed by atoms with van der Waals surface area (Å²) in [5.74, 6) is -0.849. The fourth-order valence-corrected chi connectivity index (χ4v) is 2.30. The largest absolute Gasteiger partial charge is 0.416 e. The molecule has 0 spiro atoms. The van der Waals surface area contributed by atoms with Crippen LogP contribution >= 0.6 is 0 Å². The van der Waals surface area contributed by atoms with Crippen LogP contribution < -0.4 is 5.32 Å². The van der Waals surface area contributed by atoms with Gasteiger partial charge in [0.25, 0.3) is 5.91 Å². The highest BCUT2D eigenvalue weighted by Gasteiger charge is 2.32. The first kappa shape index (κ1) is 17.3. The molecule has 0 saturated carbocycles. The number of rotatable bonds is 4. The van der Waals surface area contributed by atoms with Gasteiger partial charge in [0.05, 0.1) is 18.6 Å². The number of carbonyl (C=O) groups is 2. The number of ether oxygens (including phenoxy) is 1. The molecule has 0 aromatic heterocycles. The van der Waals surface area contributed by atoms with Crippen LogP contribution in [0, 0.1) is 0 Å². The molecule has 1 N–H and O–H groups in total. The molecule has 0 unspecified atom stereocenters. The Kier molecular flexibility index (Phi) is 5.25. The van der Waals surface area contributed by atoms with E-state index >= 15 is 0 Å². The number of nitrogens with one attached hydrogen (secondary N) is 1. The predicted molar refractivity (Wildman–Crippen MR) is 76.7 cm³/mol. The molecule has 1 aliphatic heterocycles. The molecule has 126 valence electrons. The second-order valence-corrected chi connectivity index (χ2v) is 5.11. The van der Waals surface area contributed by atoms with Crippen LogP contribution in [0.15, 0.2) is 24.3 Å². The van der Waals surface area contributed by atoms with Gasteiger partial charge in [-0.2, -0.15) is 13.2 Å². The van der Waals surface area contributed by atoms with Gasteiger partial charge in [-0.25, -0.2) is 0 Å². The second kappa shape index (κ2) is 6.99. The third-order valence-electron chi connectivity index (χ3n) is 3.49. The Bertz CT molecular complexity index is 590. The van der Waals surface area contributed by atoms with Gasteiger partial charge in [0, 0.05) is 18.8 Å². The lowest BCUT2D eigenvalue weighted by Crippen LogP contribution is -2.48. The Balaban J connectivity index is 1.98. The van der Waals surface area contributed by atoms with Gasteiger partial charge in [0.2, 0.25) is 5.91 Å². The molecule has 1 fully saturated rings. The van der Waals surface area contributed by atoms with Crippen LogP contribution in [0.4, 0.5) is 18.9 Å². The van der Waals surface area contributed by atoms with Gasteiger partial charge in [-0.3, -0.25) is 9.59 Å². The predicted octanol–water partition coefficient (Wildman–Crippen LogP) is 2.28. The molecule has 1 saturated heterocycles. The third kappa shape index (κ3) is 4.44. The Hall–Kier alpha value is -2.09. The fourth-order valence-electron chi connectivity index (χ4n) is 2.30. The minimum absolute atomic E-state index is 0.0282. The lowest BCUT2D eigenvalue weighted by atomic mass is 10.1. The SMILES string of the molecule is CCN1CCO[C@H](CC(=O)Nc2cccc(C(F)(F)F)c2)C1=O. The highest BCUT2D eigenvalue weighted by molar-refractivity contribution is 5.95. The zero-order valence-corrected chi connectivity index (χ0v) is 12.5. The van der Waals surface area contributed by atoms with E-state index in [4.69, 9.17) is 4.74 Å². The van der Waals surface area contributed by atoms with Crippen LogP contribution in [0.25, 0.3) is 0 Å². The number of nitrogens with zero attached hydrogens (tertiary/aromatic N) is 1. The van der Waals surface area contributed by atoms with E-state index in [0.717, 1.165) is 12.1 Å². The molecular weight excluding hydrogens is 313 g/mol. The summed E-state index contributed by atoms with van der Waals surface area (Å²) in [6, 6.07) is 4.33. The number of anilines is 1. The van der Waals surface area contributed by atoms with E-state index in [1.165, 1.54) is 12.1 Å². The summed E-state index contributed by atoms with van der Waals surface area (Å²) < 4.78 is 43.2. The van der Waals surface area contributed by atoms with Gasteiger partial charge in [-0.15, -0.1) is 0 Å². The lowest BCUT2D eigenvalue weighted by Gasteiger charge is -2.31. The van der Waals surface area contributed by atoms with Gasteiger partial charge in [0.1, 0.15) is 6.10 Å². The van der Waals surface area contributed by atoms with E-state index in [-0.39, 0.29) is 18.0 Å². The highest BCUT2D eigenvalue weighted by atomic mass is 19.4. The minimum atomic E-state index is -4.48. The topological polar surface area (TPSA) is 58.6 Å². The molecule has 1 aliphatic rings. The fraction of sp³-hybridized carbons (Fsp3) is 0.467. The van der Waals surface area contributed by atoms with Crippen molar-refractivity contribution in [1.82, 2.24) is 4.90 Å².